The Kier molecular flexibility index (Phi) is 9.89. The van der Waals surface area contributed by atoms with Crippen LogP contribution in [0.3, 0.4) is 0 Å². The van der Waals surface area contributed by atoms with Gasteiger partial charge >= 0.3 is 0 Å². The summed E-state index contributed by atoms with van der Waals surface area (Å²) in [4.78, 5) is 34.4. The molecular formula is C33H35ClN4O3S. The number of aromatic nitrogens is 1. The highest BCUT2D eigenvalue weighted by molar-refractivity contribution is 7.15. The molecule has 7 nitrogen and oxygen atoms in total. The molecule has 0 radical (unpaired) electrons. The molecule has 0 saturated heterocycles. The van der Waals surface area contributed by atoms with Crippen LogP contribution in [-0.2, 0) is 25.9 Å². The second-order valence-corrected chi connectivity index (χ2v) is 11.9. The first kappa shape index (κ1) is 29.8. The fourth-order valence-electron chi connectivity index (χ4n) is 5.30. The van der Waals surface area contributed by atoms with Crippen molar-refractivity contribution in [1.29, 1.82) is 0 Å². The molecule has 1 aliphatic carbocycles. The molecule has 0 bridgehead atoms. The number of rotatable bonds is 11. The summed E-state index contributed by atoms with van der Waals surface area (Å²) in [5.41, 5.74) is 4.19. The van der Waals surface area contributed by atoms with Crippen molar-refractivity contribution in [2.45, 2.75) is 51.7 Å². The number of nitrogens with one attached hydrogen (secondary N) is 2. The SMILES string of the molecule is CCCN(Cc1ccccc1)C1CCc2nc(NC(=O)c3cccc(CNC(=O)c4ccc(OC)c(Cl)c4)c3)sc2C1. The van der Waals surface area contributed by atoms with E-state index in [0.29, 0.717) is 33.1 Å². The Bertz CT molecular complexity index is 1540. The Morgan fingerprint density at radius 3 is 2.57 bits per heavy atom. The van der Waals surface area contributed by atoms with Gasteiger partial charge in [-0.05, 0) is 73.7 Å². The summed E-state index contributed by atoms with van der Waals surface area (Å²) in [7, 11) is 1.53. The quantitative estimate of drug-likeness (QED) is 0.198. The number of ether oxygens (including phenoxy) is 1. The van der Waals surface area contributed by atoms with E-state index in [0.717, 1.165) is 50.0 Å². The minimum atomic E-state index is -0.262. The van der Waals surface area contributed by atoms with Crippen LogP contribution >= 0.6 is 22.9 Å². The number of hydrogen-bond donors (Lipinski definition) is 2. The van der Waals surface area contributed by atoms with Gasteiger partial charge in [-0.25, -0.2) is 4.98 Å². The lowest BCUT2D eigenvalue weighted by atomic mass is 9.95. The number of hydrogen-bond acceptors (Lipinski definition) is 6. The molecule has 5 rings (SSSR count). The van der Waals surface area contributed by atoms with E-state index in [9.17, 15) is 9.59 Å². The summed E-state index contributed by atoms with van der Waals surface area (Å²) in [6.07, 6.45) is 4.03. The van der Waals surface area contributed by atoms with Crippen LogP contribution in [0.4, 0.5) is 5.13 Å². The topological polar surface area (TPSA) is 83.6 Å². The molecule has 4 aromatic rings. The van der Waals surface area contributed by atoms with E-state index in [2.05, 4.69) is 52.8 Å². The van der Waals surface area contributed by atoms with Crippen molar-refractivity contribution in [1.82, 2.24) is 15.2 Å². The van der Waals surface area contributed by atoms with Gasteiger partial charge < -0.3 is 10.1 Å². The first-order chi connectivity index (χ1) is 20.4. The Labute approximate surface area is 255 Å². The van der Waals surface area contributed by atoms with E-state index in [1.807, 2.05) is 12.1 Å². The predicted molar refractivity (Wildman–Crippen MR) is 169 cm³/mol. The molecule has 1 aromatic heterocycles. The maximum atomic E-state index is 13.1. The van der Waals surface area contributed by atoms with Crippen LogP contribution in [-0.4, -0.2) is 41.4 Å². The Hall–Kier alpha value is -3.72. The van der Waals surface area contributed by atoms with Gasteiger partial charge in [-0.15, -0.1) is 11.3 Å². The molecule has 1 unspecified atom stereocenters. The van der Waals surface area contributed by atoms with Gasteiger partial charge in [0, 0.05) is 35.1 Å². The predicted octanol–water partition coefficient (Wildman–Crippen LogP) is 6.76. The largest absolute Gasteiger partial charge is 0.495 e. The van der Waals surface area contributed by atoms with Gasteiger partial charge in [0.25, 0.3) is 11.8 Å². The number of aryl methyl sites for hydroxylation is 1. The van der Waals surface area contributed by atoms with E-state index in [4.69, 9.17) is 21.3 Å². The van der Waals surface area contributed by atoms with Crippen molar-refractivity contribution in [3.8, 4) is 5.75 Å². The van der Waals surface area contributed by atoms with Crippen molar-refractivity contribution >= 4 is 39.9 Å². The molecule has 0 aliphatic heterocycles. The third-order valence-electron chi connectivity index (χ3n) is 7.45. The second-order valence-electron chi connectivity index (χ2n) is 10.4. The van der Waals surface area contributed by atoms with Crippen molar-refractivity contribution in [3.05, 3.63) is 111 Å². The van der Waals surface area contributed by atoms with Gasteiger partial charge in [0.05, 0.1) is 17.8 Å². The van der Waals surface area contributed by atoms with E-state index in [1.54, 1.807) is 41.7 Å². The van der Waals surface area contributed by atoms with Gasteiger partial charge in [-0.2, -0.15) is 0 Å². The molecule has 2 N–H and O–H groups in total. The molecule has 1 atom stereocenters. The molecule has 3 aromatic carbocycles. The van der Waals surface area contributed by atoms with E-state index in [1.165, 1.54) is 17.6 Å². The number of halogens is 1. The van der Waals surface area contributed by atoms with E-state index in [-0.39, 0.29) is 18.4 Å². The van der Waals surface area contributed by atoms with Crippen molar-refractivity contribution in [2.75, 3.05) is 19.0 Å². The number of benzene rings is 3. The summed E-state index contributed by atoms with van der Waals surface area (Å²) in [6, 6.07) is 23.2. The second kappa shape index (κ2) is 14.0. The summed E-state index contributed by atoms with van der Waals surface area (Å²) >= 11 is 7.73. The normalized spacial score (nSPS) is 14.3. The highest BCUT2D eigenvalue weighted by atomic mass is 35.5. The van der Waals surface area contributed by atoms with Crippen LogP contribution in [0.2, 0.25) is 5.02 Å². The van der Waals surface area contributed by atoms with Gasteiger partial charge in [0.1, 0.15) is 5.75 Å². The number of carbonyl (C=O) groups excluding carboxylic acids is 2. The number of methoxy groups -OCH3 is 1. The van der Waals surface area contributed by atoms with Gasteiger partial charge in [0.15, 0.2) is 5.13 Å². The third kappa shape index (κ3) is 7.37. The number of thiazole rings is 1. The Balaban J connectivity index is 1.19. The van der Waals surface area contributed by atoms with Crippen LogP contribution in [0.1, 0.15) is 62.2 Å². The summed E-state index contributed by atoms with van der Waals surface area (Å²) in [5.74, 6) is 0.0288. The number of amides is 2. The molecule has 0 spiro atoms. The zero-order valence-electron chi connectivity index (χ0n) is 23.9. The number of fused-ring (bicyclic) bond motifs is 1. The third-order valence-corrected chi connectivity index (χ3v) is 8.78. The van der Waals surface area contributed by atoms with Crippen LogP contribution < -0.4 is 15.4 Å². The van der Waals surface area contributed by atoms with E-state index >= 15 is 0 Å². The molecule has 0 fully saturated rings. The summed E-state index contributed by atoms with van der Waals surface area (Å²) < 4.78 is 5.15. The fraction of sp³-hybridized carbons (Fsp3) is 0.303. The lowest BCUT2D eigenvalue weighted by molar-refractivity contribution is 0.0950. The highest BCUT2D eigenvalue weighted by Gasteiger charge is 2.27. The minimum Gasteiger partial charge on any atom is -0.495 e. The molecule has 0 saturated carbocycles. The number of anilines is 1. The van der Waals surface area contributed by atoms with Gasteiger partial charge in [0.2, 0.25) is 0 Å². The van der Waals surface area contributed by atoms with Crippen LogP contribution in [0.15, 0.2) is 72.8 Å². The Morgan fingerprint density at radius 1 is 1.02 bits per heavy atom. The molecule has 42 heavy (non-hydrogen) atoms. The molecule has 1 heterocycles. The van der Waals surface area contributed by atoms with Gasteiger partial charge in [-0.3, -0.25) is 19.8 Å². The van der Waals surface area contributed by atoms with Crippen LogP contribution in [0, 0.1) is 0 Å². The van der Waals surface area contributed by atoms with Crippen LogP contribution in [0.25, 0.3) is 0 Å². The molecule has 9 heteroatoms. The number of carbonyl (C=O) groups is 2. The minimum absolute atomic E-state index is 0.218. The highest BCUT2D eigenvalue weighted by Crippen LogP contribution is 2.32. The zero-order valence-corrected chi connectivity index (χ0v) is 25.4. The standard InChI is InChI=1S/C33H35ClN4O3S/c1-3-16-38(21-22-8-5-4-6-9-22)26-13-14-28-30(19-26)42-33(36-28)37-32(40)24-11-7-10-23(17-24)20-35-31(39)25-12-15-29(41-2)27(34)18-25/h4-12,15,17-18,26H,3,13-14,16,19-21H2,1-2H3,(H,35,39)(H,36,37,40). The maximum Gasteiger partial charge on any atom is 0.257 e. The monoisotopic (exact) mass is 602 g/mol. The van der Waals surface area contributed by atoms with Crippen molar-refractivity contribution < 1.29 is 14.3 Å². The fourth-order valence-corrected chi connectivity index (χ4v) is 6.63. The summed E-state index contributed by atoms with van der Waals surface area (Å²) in [5, 5.41) is 6.88. The smallest absolute Gasteiger partial charge is 0.257 e. The first-order valence-corrected chi connectivity index (χ1v) is 15.4. The number of nitrogens with zero attached hydrogens (tertiary/aromatic N) is 2. The van der Waals surface area contributed by atoms with Gasteiger partial charge in [-0.1, -0.05) is 61.0 Å². The van der Waals surface area contributed by atoms with E-state index < -0.39 is 0 Å². The molecule has 1 aliphatic rings. The molecule has 2 amide bonds. The molecular weight excluding hydrogens is 568 g/mol. The van der Waals surface area contributed by atoms with Crippen molar-refractivity contribution in [3.63, 3.8) is 0 Å². The zero-order chi connectivity index (χ0) is 29.5. The van der Waals surface area contributed by atoms with Crippen molar-refractivity contribution in [2.24, 2.45) is 0 Å². The van der Waals surface area contributed by atoms with Crippen LogP contribution in [0.5, 0.6) is 5.75 Å². The average molecular weight is 603 g/mol. The maximum absolute atomic E-state index is 13.1. The molecule has 218 valence electrons. The Morgan fingerprint density at radius 2 is 1.81 bits per heavy atom. The lowest BCUT2D eigenvalue weighted by Gasteiger charge is -2.33. The lowest BCUT2D eigenvalue weighted by Crippen LogP contribution is -2.39. The average Bonchev–Trinajstić information content (AvgIpc) is 3.41. The summed E-state index contributed by atoms with van der Waals surface area (Å²) in [6.45, 7) is 4.50. The first-order valence-electron chi connectivity index (χ1n) is 14.2.